The molecule has 0 atom stereocenters. The van der Waals surface area contributed by atoms with Crippen LogP contribution in [0.3, 0.4) is 0 Å². The summed E-state index contributed by atoms with van der Waals surface area (Å²) in [6, 6.07) is 11.3. The molecule has 0 amide bonds. The number of aryl methyl sites for hydroxylation is 1. The van der Waals surface area contributed by atoms with Gasteiger partial charge >= 0.3 is 5.97 Å². The van der Waals surface area contributed by atoms with E-state index >= 15 is 0 Å². The van der Waals surface area contributed by atoms with Crippen molar-refractivity contribution in [3.8, 4) is 11.5 Å². The SMILES string of the molecule is CCOC(=O)CCc1cccc(OCC2CCC(c3cc(OC)ccc3F)CC2)c1C1CC1. The molecule has 2 aliphatic carbocycles. The van der Waals surface area contributed by atoms with Crippen molar-refractivity contribution in [1.29, 1.82) is 0 Å². The lowest BCUT2D eigenvalue weighted by molar-refractivity contribution is -0.143. The van der Waals surface area contributed by atoms with Crippen LogP contribution >= 0.6 is 0 Å². The van der Waals surface area contributed by atoms with Gasteiger partial charge in [0.2, 0.25) is 0 Å². The highest BCUT2D eigenvalue weighted by Gasteiger charge is 2.30. The molecule has 0 bridgehead atoms. The first-order valence-corrected chi connectivity index (χ1v) is 12.3. The Morgan fingerprint density at radius 3 is 2.48 bits per heavy atom. The van der Waals surface area contributed by atoms with Crippen molar-refractivity contribution in [3.05, 3.63) is 58.9 Å². The van der Waals surface area contributed by atoms with Crippen LogP contribution in [-0.4, -0.2) is 26.3 Å². The van der Waals surface area contributed by atoms with E-state index in [9.17, 15) is 9.18 Å². The highest BCUT2D eigenvalue weighted by Crippen LogP contribution is 2.47. The maximum atomic E-state index is 14.4. The first-order chi connectivity index (χ1) is 16.1. The number of hydrogen-bond donors (Lipinski definition) is 0. The summed E-state index contributed by atoms with van der Waals surface area (Å²) in [5.41, 5.74) is 3.27. The van der Waals surface area contributed by atoms with Gasteiger partial charge in [-0.2, -0.15) is 0 Å². The zero-order valence-electron chi connectivity index (χ0n) is 19.8. The second-order valence-corrected chi connectivity index (χ2v) is 9.32. The van der Waals surface area contributed by atoms with Crippen molar-refractivity contribution < 1.29 is 23.4 Å². The fraction of sp³-hybridized carbons (Fsp3) is 0.536. The number of ether oxygens (including phenoxy) is 3. The van der Waals surface area contributed by atoms with Gasteiger partial charge in [-0.25, -0.2) is 4.39 Å². The predicted molar refractivity (Wildman–Crippen MR) is 127 cm³/mol. The van der Waals surface area contributed by atoms with Gasteiger partial charge in [0.1, 0.15) is 17.3 Å². The number of carbonyl (C=O) groups is 1. The maximum Gasteiger partial charge on any atom is 0.306 e. The number of hydrogen-bond acceptors (Lipinski definition) is 4. The summed E-state index contributed by atoms with van der Waals surface area (Å²) in [7, 11) is 1.62. The summed E-state index contributed by atoms with van der Waals surface area (Å²) in [4.78, 5) is 11.8. The van der Waals surface area contributed by atoms with Crippen molar-refractivity contribution in [3.63, 3.8) is 0 Å². The zero-order valence-corrected chi connectivity index (χ0v) is 19.8. The summed E-state index contributed by atoms with van der Waals surface area (Å²) in [6.07, 6.45) is 7.46. The van der Waals surface area contributed by atoms with Crippen LogP contribution in [0.25, 0.3) is 0 Å². The molecule has 2 aromatic carbocycles. The lowest BCUT2D eigenvalue weighted by Gasteiger charge is -2.29. The van der Waals surface area contributed by atoms with Gasteiger partial charge in [-0.3, -0.25) is 4.79 Å². The van der Waals surface area contributed by atoms with Crippen LogP contribution in [0.5, 0.6) is 11.5 Å². The third-order valence-electron chi connectivity index (χ3n) is 7.01. The van der Waals surface area contributed by atoms with Crippen LogP contribution < -0.4 is 9.47 Å². The number of carbonyl (C=O) groups excluding carboxylic acids is 1. The number of rotatable bonds is 10. The minimum absolute atomic E-state index is 0.135. The van der Waals surface area contributed by atoms with Crippen molar-refractivity contribution >= 4 is 5.97 Å². The molecule has 2 aromatic rings. The maximum absolute atomic E-state index is 14.4. The van der Waals surface area contributed by atoms with E-state index in [4.69, 9.17) is 14.2 Å². The molecule has 5 heteroatoms. The fourth-order valence-corrected chi connectivity index (χ4v) is 5.05. The number of esters is 1. The topological polar surface area (TPSA) is 44.8 Å². The average molecular weight is 455 g/mol. The molecule has 2 fully saturated rings. The Morgan fingerprint density at radius 2 is 1.79 bits per heavy atom. The molecule has 2 aliphatic rings. The third kappa shape index (κ3) is 6.07. The number of benzene rings is 2. The smallest absolute Gasteiger partial charge is 0.306 e. The van der Waals surface area contributed by atoms with Crippen LogP contribution in [-0.2, 0) is 16.0 Å². The highest BCUT2D eigenvalue weighted by molar-refractivity contribution is 5.69. The van der Waals surface area contributed by atoms with E-state index in [1.54, 1.807) is 13.2 Å². The van der Waals surface area contributed by atoms with Gasteiger partial charge in [0, 0.05) is 12.0 Å². The molecule has 0 radical (unpaired) electrons. The molecule has 0 aromatic heterocycles. The van der Waals surface area contributed by atoms with Crippen molar-refractivity contribution in [1.82, 2.24) is 0 Å². The lowest BCUT2D eigenvalue weighted by atomic mass is 9.79. The molecule has 4 rings (SSSR count). The molecule has 0 unspecified atom stereocenters. The van der Waals surface area contributed by atoms with Crippen molar-refractivity contribution in [2.24, 2.45) is 5.92 Å². The lowest BCUT2D eigenvalue weighted by Crippen LogP contribution is -2.20. The van der Waals surface area contributed by atoms with E-state index in [0.717, 1.165) is 37.0 Å². The first-order valence-electron chi connectivity index (χ1n) is 12.3. The molecule has 4 nitrogen and oxygen atoms in total. The van der Waals surface area contributed by atoms with Crippen LogP contribution in [0.4, 0.5) is 4.39 Å². The minimum Gasteiger partial charge on any atom is -0.497 e. The van der Waals surface area contributed by atoms with E-state index < -0.39 is 0 Å². The van der Waals surface area contributed by atoms with Crippen LogP contribution in [0.2, 0.25) is 0 Å². The van der Waals surface area contributed by atoms with Gasteiger partial charge in [-0.15, -0.1) is 0 Å². The number of halogens is 1. The third-order valence-corrected chi connectivity index (χ3v) is 7.01. The normalized spacial score (nSPS) is 20.3. The zero-order chi connectivity index (χ0) is 23.2. The molecular weight excluding hydrogens is 419 g/mol. The summed E-state index contributed by atoms with van der Waals surface area (Å²) in [6.45, 7) is 2.95. The summed E-state index contributed by atoms with van der Waals surface area (Å²) in [5, 5.41) is 0. The minimum atomic E-state index is -0.144. The van der Waals surface area contributed by atoms with Crippen LogP contribution in [0.15, 0.2) is 36.4 Å². The molecule has 33 heavy (non-hydrogen) atoms. The second-order valence-electron chi connectivity index (χ2n) is 9.32. The van der Waals surface area contributed by atoms with Crippen molar-refractivity contribution in [2.75, 3.05) is 20.3 Å². The van der Waals surface area contributed by atoms with Gasteiger partial charge < -0.3 is 14.2 Å². The Labute approximate surface area is 196 Å². The average Bonchev–Trinajstić information content (AvgIpc) is 3.67. The summed E-state index contributed by atoms with van der Waals surface area (Å²) in [5.74, 6) is 2.67. The van der Waals surface area contributed by atoms with Gasteiger partial charge in [0.05, 0.1) is 20.3 Å². The Kier molecular flexibility index (Phi) is 7.89. The second kappa shape index (κ2) is 11.0. The van der Waals surface area contributed by atoms with E-state index in [-0.39, 0.29) is 17.7 Å². The van der Waals surface area contributed by atoms with Crippen molar-refractivity contribution in [2.45, 2.75) is 70.1 Å². The number of methoxy groups -OCH3 is 1. The van der Waals surface area contributed by atoms with Gasteiger partial charge in [-0.1, -0.05) is 12.1 Å². The Balaban J connectivity index is 1.34. The van der Waals surface area contributed by atoms with Gasteiger partial charge in [0.15, 0.2) is 0 Å². The molecule has 178 valence electrons. The van der Waals surface area contributed by atoms with E-state index in [1.807, 2.05) is 19.1 Å². The van der Waals surface area contributed by atoms with E-state index in [2.05, 4.69) is 12.1 Å². The Bertz CT molecular complexity index is 945. The van der Waals surface area contributed by atoms with Crippen LogP contribution in [0.1, 0.15) is 80.4 Å². The van der Waals surface area contributed by atoms with Crippen LogP contribution in [0, 0.1) is 11.7 Å². The predicted octanol–water partition coefficient (Wildman–Crippen LogP) is 6.56. The molecule has 2 saturated carbocycles. The van der Waals surface area contributed by atoms with E-state index in [1.165, 1.54) is 30.0 Å². The molecule has 0 N–H and O–H groups in total. The van der Waals surface area contributed by atoms with E-state index in [0.29, 0.717) is 43.6 Å². The van der Waals surface area contributed by atoms with Gasteiger partial charge in [0.25, 0.3) is 0 Å². The highest BCUT2D eigenvalue weighted by atomic mass is 19.1. The molecular formula is C28H35FO4. The fourth-order valence-electron chi connectivity index (χ4n) is 5.05. The monoisotopic (exact) mass is 454 g/mol. The Morgan fingerprint density at radius 1 is 1.03 bits per heavy atom. The standard InChI is InChI=1S/C28H35FO4/c1-3-32-27(30)16-13-21-5-4-6-26(28(21)22-11-12-22)33-18-19-7-9-20(10-8-19)24-17-23(31-2)14-15-25(24)29/h4-6,14-15,17,19-20,22H,3,7-13,16,18H2,1-2H3. The summed E-state index contributed by atoms with van der Waals surface area (Å²) >= 11 is 0. The van der Waals surface area contributed by atoms with Gasteiger partial charge in [-0.05, 0) is 105 Å². The molecule has 0 aliphatic heterocycles. The molecule has 0 heterocycles. The first kappa shape index (κ1) is 23.6. The quantitative estimate of drug-likeness (QED) is 0.381. The molecule has 0 spiro atoms. The molecule has 0 saturated heterocycles. The Hall–Kier alpha value is -2.56. The summed E-state index contributed by atoms with van der Waals surface area (Å²) < 4.78 is 31.1. The largest absolute Gasteiger partial charge is 0.497 e.